The van der Waals surface area contributed by atoms with Gasteiger partial charge in [0.25, 0.3) is 0 Å². The number of carboxylic acid groups (broad SMARTS) is 3. The van der Waals surface area contributed by atoms with Gasteiger partial charge < -0.3 is 24.6 Å². The molecule has 0 saturated heterocycles. The molecule has 0 aliphatic carbocycles. The molecule has 0 radical (unpaired) electrons. The molecule has 0 spiro atoms. The highest BCUT2D eigenvalue weighted by Crippen LogP contribution is 2.17. The molecule has 0 amide bonds. The minimum Gasteiger partial charge on any atom is -0.550 e. The van der Waals surface area contributed by atoms with Gasteiger partial charge in [0, 0.05) is 25.2 Å². The van der Waals surface area contributed by atoms with Gasteiger partial charge in [-0.15, -0.1) is 0 Å². The molecule has 0 aliphatic rings. The maximum Gasteiger partial charge on any atom is 0.303 e. The second-order valence-electron chi connectivity index (χ2n) is 10.7. The van der Waals surface area contributed by atoms with Crippen LogP contribution in [0, 0.1) is 0 Å². The molecule has 37 heavy (non-hydrogen) atoms. The van der Waals surface area contributed by atoms with E-state index < -0.39 is 17.9 Å². The van der Waals surface area contributed by atoms with Crippen molar-refractivity contribution in [3.63, 3.8) is 0 Å². The molecule has 0 aliphatic heterocycles. The second-order valence-corrected chi connectivity index (χ2v) is 10.7. The van der Waals surface area contributed by atoms with E-state index in [0.717, 1.165) is 12.8 Å². The van der Waals surface area contributed by atoms with E-state index in [1.54, 1.807) is 0 Å². The van der Waals surface area contributed by atoms with Crippen LogP contribution in [0.5, 0.6) is 0 Å². The van der Waals surface area contributed by atoms with Gasteiger partial charge in [-0.05, 0) is 25.3 Å². The number of rotatable bonds is 28. The first-order valence-electron chi connectivity index (χ1n) is 14.9. The lowest BCUT2D eigenvalue weighted by molar-refractivity contribution is -0.923. The van der Waals surface area contributed by atoms with E-state index in [-0.39, 0.29) is 19.3 Å². The molecular weight excluding hydrogens is 470 g/mol. The number of unbranched alkanes of at least 4 members (excludes halogenated alkanes) is 13. The fraction of sp³-hybridized carbons (Fsp3) is 0.833. The molecule has 216 valence electrons. The number of quaternary nitrogens is 1. The molecule has 0 rings (SSSR count). The van der Waals surface area contributed by atoms with E-state index >= 15 is 0 Å². The highest BCUT2D eigenvalue weighted by molar-refractivity contribution is 5.66. The Balaban J connectivity index is 4.36. The highest BCUT2D eigenvalue weighted by Gasteiger charge is 2.26. The Morgan fingerprint density at radius 2 is 1.00 bits per heavy atom. The predicted molar refractivity (Wildman–Crippen MR) is 147 cm³/mol. The molecule has 2 N–H and O–H groups in total. The predicted octanol–water partition coefficient (Wildman–Crippen LogP) is 6.10. The van der Waals surface area contributed by atoms with E-state index in [0.29, 0.717) is 49.9 Å². The number of carboxylic acids is 3. The minimum atomic E-state index is -1.09. The SMILES string of the molecule is CCCCCCCCCCCCCCC/C=C/C[N+](CCCC(=O)[O-])(CCCC(=O)O)CCCC(=O)O. The third kappa shape index (κ3) is 24.2. The Labute approximate surface area is 225 Å². The third-order valence-electron chi connectivity index (χ3n) is 7.19. The van der Waals surface area contributed by atoms with Gasteiger partial charge >= 0.3 is 11.9 Å². The fourth-order valence-corrected chi connectivity index (χ4v) is 5.00. The van der Waals surface area contributed by atoms with Crippen LogP contribution in [-0.2, 0) is 14.4 Å². The first kappa shape index (κ1) is 35.1. The Kier molecular flexibility index (Phi) is 23.2. The lowest BCUT2D eigenvalue weighted by atomic mass is 10.0. The maximum atomic E-state index is 11.0. The molecule has 0 unspecified atom stereocenters. The summed E-state index contributed by atoms with van der Waals surface area (Å²) in [6, 6.07) is 0. The Morgan fingerprint density at radius 3 is 1.41 bits per heavy atom. The number of carbonyl (C=O) groups excluding carboxylic acids is 1. The molecule has 7 heteroatoms. The molecule has 0 saturated carbocycles. The zero-order valence-electron chi connectivity index (χ0n) is 23.6. The number of carbonyl (C=O) groups is 3. The number of nitrogens with zero attached hydrogens (tertiary/aromatic N) is 1. The Morgan fingerprint density at radius 1 is 0.595 bits per heavy atom. The van der Waals surface area contributed by atoms with Crippen molar-refractivity contribution in [2.75, 3.05) is 26.2 Å². The number of allylic oxidation sites excluding steroid dienone is 1. The van der Waals surface area contributed by atoms with Gasteiger partial charge in [-0.2, -0.15) is 0 Å². The number of hydrogen-bond donors (Lipinski definition) is 2. The summed E-state index contributed by atoms with van der Waals surface area (Å²) in [6.45, 7) is 4.71. The first-order valence-corrected chi connectivity index (χ1v) is 14.9. The van der Waals surface area contributed by atoms with Gasteiger partial charge in [-0.25, -0.2) is 0 Å². The summed E-state index contributed by atoms with van der Waals surface area (Å²) >= 11 is 0. The van der Waals surface area contributed by atoms with Crippen LogP contribution in [0.1, 0.15) is 135 Å². The highest BCUT2D eigenvalue weighted by atomic mass is 16.4. The average molecular weight is 526 g/mol. The average Bonchev–Trinajstić information content (AvgIpc) is 2.83. The van der Waals surface area contributed by atoms with Crippen molar-refractivity contribution in [3.05, 3.63) is 12.2 Å². The molecule has 0 bridgehead atoms. The van der Waals surface area contributed by atoms with Gasteiger partial charge in [-0.3, -0.25) is 9.59 Å². The van der Waals surface area contributed by atoms with Crippen molar-refractivity contribution < 1.29 is 34.2 Å². The van der Waals surface area contributed by atoms with Gasteiger partial charge in [0.1, 0.15) is 0 Å². The first-order chi connectivity index (χ1) is 17.8. The smallest absolute Gasteiger partial charge is 0.303 e. The van der Waals surface area contributed by atoms with Crippen molar-refractivity contribution in [1.82, 2.24) is 0 Å². The van der Waals surface area contributed by atoms with Crippen LogP contribution in [0.3, 0.4) is 0 Å². The largest absolute Gasteiger partial charge is 0.550 e. The van der Waals surface area contributed by atoms with E-state index in [4.69, 9.17) is 10.2 Å². The van der Waals surface area contributed by atoms with Crippen LogP contribution < -0.4 is 5.11 Å². The Bertz CT molecular complexity index is 569. The van der Waals surface area contributed by atoms with Gasteiger partial charge in [0.2, 0.25) is 0 Å². The summed E-state index contributed by atoms with van der Waals surface area (Å²) in [7, 11) is 0. The van der Waals surface area contributed by atoms with E-state index in [9.17, 15) is 19.5 Å². The zero-order valence-corrected chi connectivity index (χ0v) is 23.6. The van der Waals surface area contributed by atoms with Gasteiger partial charge in [0.15, 0.2) is 0 Å². The molecule has 0 fully saturated rings. The van der Waals surface area contributed by atoms with Crippen molar-refractivity contribution in [1.29, 1.82) is 0 Å². The number of aliphatic carboxylic acids is 3. The lowest BCUT2D eigenvalue weighted by Crippen LogP contribution is -2.50. The summed E-state index contributed by atoms with van der Waals surface area (Å²) in [4.78, 5) is 33.0. The molecule has 0 atom stereocenters. The summed E-state index contributed by atoms with van der Waals surface area (Å²) in [5, 5.41) is 29.0. The van der Waals surface area contributed by atoms with Crippen molar-refractivity contribution in [2.24, 2.45) is 0 Å². The van der Waals surface area contributed by atoms with Crippen LogP contribution in [0.15, 0.2) is 12.2 Å². The number of hydrogen-bond acceptors (Lipinski definition) is 4. The quantitative estimate of drug-likeness (QED) is 0.0724. The fourth-order valence-electron chi connectivity index (χ4n) is 5.00. The topological polar surface area (TPSA) is 115 Å². The molecule has 0 aromatic heterocycles. The molecule has 7 nitrogen and oxygen atoms in total. The van der Waals surface area contributed by atoms with Crippen LogP contribution in [0.4, 0.5) is 0 Å². The molecule has 0 aromatic carbocycles. The van der Waals surface area contributed by atoms with E-state index in [1.807, 2.05) is 0 Å². The van der Waals surface area contributed by atoms with Crippen molar-refractivity contribution in [2.45, 2.75) is 135 Å². The minimum absolute atomic E-state index is 0.0411. The summed E-state index contributed by atoms with van der Waals surface area (Å²) < 4.78 is 0.531. The third-order valence-corrected chi connectivity index (χ3v) is 7.19. The Hall–Kier alpha value is -1.89. The lowest BCUT2D eigenvalue weighted by Gasteiger charge is -2.38. The van der Waals surface area contributed by atoms with Gasteiger partial charge in [-0.1, -0.05) is 90.0 Å². The van der Waals surface area contributed by atoms with Crippen molar-refractivity contribution >= 4 is 17.9 Å². The molecule has 0 heterocycles. The maximum absolute atomic E-state index is 11.0. The second kappa shape index (κ2) is 24.4. The summed E-state index contributed by atoms with van der Waals surface area (Å²) in [5.74, 6) is -2.79. The van der Waals surface area contributed by atoms with Crippen LogP contribution in [0.25, 0.3) is 0 Å². The van der Waals surface area contributed by atoms with E-state index in [1.165, 1.54) is 77.0 Å². The molecule has 0 aromatic rings. The van der Waals surface area contributed by atoms with E-state index in [2.05, 4.69) is 19.1 Å². The van der Waals surface area contributed by atoms with Gasteiger partial charge in [0.05, 0.1) is 39.0 Å². The summed E-state index contributed by atoms with van der Waals surface area (Å²) in [6.07, 6.45) is 24.1. The van der Waals surface area contributed by atoms with Crippen LogP contribution in [-0.4, -0.2) is 58.8 Å². The monoisotopic (exact) mass is 525 g/mol. The zero-order chi connectivity index (χ0) is 27.6. The summed E-state index contributed by atoms with van der Waals surface area (Å²) in [5.41, 5.74) is 0. The molecular formula is C30H55NO6. The standard InChI is InChI=1S/C30H55NO6/c1-2-3-4-5-6-7-8-9-10-11-12-13-14-15-16-17-24-31(25-18-21-28(32)33,26-19-22-29(34)35)27-20-23-30(36)37/h16-17H,2-15,18-27H2,1H3,(H2-,32,33,34,35,36,37)/b17-16+. The van der Waals surface area contributed by atoms with Crippen LogP contribution >= 0.6 is 0 Å². The normalized spacial score (nSPS) is 11.8. The van der Waals surface area contributed by atoms with Crippen LogP contribution in [0.2, 0.25) is 0 Å². The van der Waals surface area contributed by atoms with Crippen molar-refractivity contribution in [3.8, 4) is 0 Å².